The van der Waals surface area contributed by atoms with Gasteiger partial charge in [-0.3, -0.25) is 4.79 Å². The summed E-state index contributed by atoms with van der Waals surface area (Å²) in [6.07, 6.45) is 5.55. The third-order valence-corrected chi connectivity index (χ3v) is 4.71. The molecule has 0 aromatic rings. The summed E-state index contributed by atoms with van der Waals surface area (Å²) in [5.74, 6) is 0.129. The van der Waals surface area contributed by atoms with E-state index >= 15 is 0 Å². The fourth-order valence-electron chi connectivity index (χ4n) is 3.43. The van der Waals surface area contributed by atoms with Gasteiger partial charge in [0, 0.05) is 24.7 Å². The Morgan fingerprint density at radius 1 is 1.19 bits per heavy atom. The van der Waals surface area contributed by atoms with E-state index in [9.17, 15) is 9.59 Å². The van der Waals surface area contributed by atoms with Crippen molar-refractivity contribution in [1.82, 2.24) is 10.2 Å². The van der Waals surface area contributed by atoms with E-state index in [1.54, 1.807) is 0 Å². The molecule has 6 nitrogen and oxygen atoms in total. The highest BCUT2D eigenvalue weighted by molar-refractivity contribution is 5.85. The maximum Gasteiger partial charge on any atom is 0.312 e. The number of likely N-dealkylation sites (tertiary alicyclic amines) is 1. The minimum Gasteiger partial charge on any atom is -0.352 e. The first-order valence-corrected chi connectivity index (χ1v) is 7.54. The number of urea groups is 1. The first kappa shape index (κ1) is 18.0. The number of hydrogen-bond acceptors (Lipinski definition) is 3. The molecule has 1 aliphatic heterocycles. The van der Waals surface area contributed by atoms with Crippen molar-refractivity contribution in [3.8, 4) is 0 Å². The number of halogens is 1. The van der Waals surface area contributed by atoms with E-state index in [4.69, 9.17) is 11.5 Å². The Hall–Kier alpha value is -1.01. The van der Waals surface area contributed by atoms with Gasteiger partial charge in [0.05, 0.1) is 5.92 Å². The highest BCUT2D eigenvalue weighted by Gasteiger charge is 2.40. The Labute approximate surface area is 132 Å². The summed E-state index contributed by atoms with van der Waals surface area (Å²) in [7, 11) is 0. The molecule has 1 saturated carbocycles. The molecule has 1 aliphatic carbocycles. The molecule has 0 spiro atoms. The second-order valence-electron chi connectivity index (χ2n) is 6.41. The quantitative estimate of drug-likeness (QED) is 0.707. The number of primary amides is 1. The molecule has 122 valence electrons. The minimum absolute atomic E-state index is 0. The van der Waals surface area contributed by atoms with Crippen LogP contribution < -0.4 is 16.8 Å². The summed E-state index contributed by atoms with van der Waals surface area (Å²) in [4.78, 5) is 25.4. The van der Waals surface area contributed by atoms with Crippen molar-refractivity contribution in [1.29, 1.82) is 0 Å². The number of nitrogens with zero attached hydrogens (tertiary/aromatic N) is 1. The number of carbonyl (C=O) groups excluding carboxylic acids is 2. The van der Waals surface area contributed by atoms with Gasteiger partial charge in [-0.2, -0.15) is 0 Å². The predicted molar refractivity (Wildman–Crippen MR) is 84.1 cm³/mol. The smallest absolute Gasteiger partial charge is 0.312 e. The molecule has 2 fully saturated rings. The molecule has 0 aromatic heterocycles. The van der Waals surface area contributed by atoms with Crippen LogP contribution in [0.1, 0.15) is 45.4 Å². The van der Waals surface area contributed by atoms with Crippen LogP contribution >= 0.6 is 12.4 Å². The molecule has 21 heavy (non-hydrogen) atoms. The average molecular weight is 319 g/mol. The van der Waals surface area contributed by atoms with Crippen molar-refractivity contribution in [2.24, 2.45) is 17.4 Å². The van der Waals surface area contributed by atoms with Gasteiger partial charge in [0.1, 0.15) is 0 Å². The third-order valence-electron chi connectivity index (χ3n) is 4.71. The molecule has 0 radical (unpaired) electrons. The lowest BCUT2D eigenvalue weighted by molar-refractivity contribution is -0.140. The monoisotopic (exact) mass is 318 g/mol. The zero-order valence-corrected chi connectivity index (χ0v) is 13.5. The normalized spacial score (nSPS) is 30.4. The summed E-state index contributed by atoms with van der Waals surface area (Å²) in [6, 6.07) is -0.399. The number of nitrogens with two attached hydrogens (primary N) is 2. The van der Waals surface area contributed by atoms with Crippen LogP contribution in [0.25, 0.3) is 0 Å². The molecular weight excluding hydrogens is 292 g/mol. The van der Waals surface area contributed by atoms with E-state index in [1.807, 2.05) is 11.8 Å². The standard InChI is InChI=1S/C14H26N4O2.ClH/c1-14(16)7-3-2-4-11(14)12(19)18-8-5-10(6-9-18)17-13(15)20;/h10-11H,2-9,16H2,1H3,(H3,15,17,20);1H. The lowest BCUT2D eigenvalue weighted by Gasteiger charge is -2.41. The number of nitrogens with one attached hydrogen (secondary N) is 1. The van der Waals surface area contributed by atoms with E-state index in [1.165, 1.54) is 0 Å². The molecule has 0 bridgehead atoms. The van der Waals surface area contributed by atoms with E-state index in [0.29, 0.717) is 13.1 Å². The van der Waals surface area contributed by atoms with Crippen molar-refractivity contribution in [3.05, 3.63) is 0 Å². The summed E-state index contributed by atoms with van der Waals surface area (Å²) < 4.78 is 0. The van der Waals surface area contributed by atoms with Crippen molar-refractivity contribution >= 4 is 24.3 Å². The van der Waals surface area contributed by atoms with Gasteiger partial charge in [0.2, 0.25) is 5.91 Å². The first-order chi connectivity index (χ1) is 9.40. The fraction of sp³-hybridized carbons (Fsp3) is 0.857. The van der Waals surface area contributed by atoms with Crippen LogP contribution in [-0.4, -0.2) is 41.5 Å². The summed E-state index contributed by atoms with van der Waals surface area (Å²) in [5.41, 5.74) is 11.0. The highest BCUT2D eigenvalue weighted by atomic mass is 35.5. The first-order valence-electron chi connectivity index (χ1n) is 7.54. The fourth-order valence-corrected chi connectivity index (χ4v) is 3.43. The molecule has 2 aliphatic rings. The molecule has 0 aromatic carbocycles. The average Bonchev–Trinajstić information content (AvgIpc) is 2.37. The Balaban J connectivity index is 0.00000220. The van der Waals surface area contributed by atoms with Gasteiger partial charge in [-0.05, 0) is 32.6 Å². The van der Waals surface area contributed by atoms with Crippen molar-refractivity contribution in [2.75, 3.05) is 13.1 Å². The van der Waals surface area contributed by atoms with Gasteiger partial charge in [-0.1, -0.05) is 12.8 Å². The van der Waals surface area contributed by atoms with Crippen molar-refractivity contribution < 1.29 is 9.59 Å². The number of carbonyl (C=O) groups is 2. The lowest BCUT2D eigenvalue weighted by Crippen LogP contribution is -2.56. The van der Waals surface area contributed by atoms with Gasteiger partial charge in [-0.15, -0.1) is 12.4 Å². The second kappa shape index (κ2) is 7.31. The molecule has 1 heterocycles. The van der Waals surface area contributed by atoms with Crippen molar-refractivity contribution in [2.45, 2.75) is 57.0 Å². The van der Waals surface area contributed by atoms with Crippen LogP contribution in [0.4, 0.5) is 4.79 Å². The van der Waals surface area contributed by atoms with E-state index < -0.39 is 6.03 Å². The number of piperidine rings is 1. The van der Waals surface area contributed by atoms with Crippen LogP contribution in [0.5, 0.6) is 0 Å². The Kier molecular flexibility index (Phi) is 6.28. The highest BCUT2D eigenvalue weighted by Crippen LogP contribution is 2.33. The summed E-state index contributed by atoms with van der Waals surface area (Å²) in [5, 5.41) is 2.71. The predicted octanol–water partition coefficient (Wildman–Crippen LogP) is 0.975. The zero-order chi connectivity index (χ0) is 14.8. The maximum absolute atomic E-state index is 12.6. The summed E-state index contributed by atoms with van der Waals surface area (Å²) in [6.45, 7) is 3.35. The van der Waals surface area contributed by atoms with Crippen LogP contribution in [0.3, 0.4) is 0 Å². The molecule has 2 atom stereocenters. The second-order valence-corrected chi connectivity index (χ2v) is 6.41. The van der Waals surface area contributed by atoms with Gasteiger partial charge < -0.3 is 21.7 Å². The van der Waals surface area contributed by atoms with Crippen LogP contribution in [0.2, 0.25) is 0 Å². The molecule has 7 heteroatoms. The van der Waals surface area contributed by atoms with E-state index in [2.05, 4.69) is 5.32 Å². The Morgan fingerprint density at radius 3 is 2.33 bits per heavy atom. The molecule has 2 unspecified atom stereocenters. The largest absolute Gasteiger partial charge is 0.352 e. The van der Waals surface area contributed by atoms with Crippen LogP contribution in [0.15, 0.2) is 0 Å². The van der Waals surface area contributed by atoms with E-state index in [0.717, 1.165) is 38.5 Å². The molecule has 2 rings (SSSR count). The Bertz CT molecular complexity index is 381. The van der Waals surface area contributed by atoms with Gasteiger partial charge in [0.15, 0.2) is 0 Å². The molecule has 1 saturated heterocycles. The zero-order valence-electron chi connectivity index (χ0n) is 12.6. The van der Waals surface area contributed by atoms with Gasteiger partial charge >= 0.3 is 6.03 Å². The summed E-state index contributed by atoms with van der Waals surface area (Å²) >= 11 is 0. The van der Waals surface area contributed by atoms with Gasteiger partial charge in [-0.25, -0.2) is 4.79 Å². The van der Waals surface area contributed by atoms with Crippen LogP contribution in [0, 0.1) is 5.92 Å². The molecule has 5 N–H and O–H groups in total. The SMILES string of the molecule is CC1(N)CCCCC1C(=O)N1CCC(NC(N)=O)CC1.Cl. The van der Waals surface area contributed by atoms with Gasteiger partial charge in [0.25, 0.3) is 0 Å². The number of hydrogen-bond donors (Lipinski definition) is 3. The lowest BCUT2D eigenvalue weighted by atomic mass is 9.74. The topological polar surface area (TPSA) is 101 Å². The minimum atomic E-state index is -0.489. The number of amides is 3. The Morgan fingerprint density at radius 2 is 1.81 bits per heavy atom. The molecule has 3 amide bonds. The van der Waals surface area contributed by atoms with Crippen molar-refractivity contribution in [3.63, 3.8) is 0 Å². The van der Waals surface area contributed by atoms with Crippen LogP contribution in [-0.2, 0) is 4.79 Å². The third kappa shape index (κ3) is 4.48. The van der Waals surface area contributed by atoms with E-state index in [-0.39, 0.29) is 35.8 Å². The number of rotatable bonds is 2. The maximum atomic E-state index is 12.6. The molecular formula is C14H27ClN4O2.